The van der Waals surface area contributed by atoms with Crippen molar-refractivity contribution in [1.29, 1.82) is 0 Å². The number of benzene rings is 1. The van der Waals surface area contributed by atoms with Crippen molar-refractivity contribution in [1.82, 2.24) is 15.4 Å². The molecule has 1 atom stereocenters. The molecule has 31 heavy (non-hydrogen) atoms. The van der Waals surface area contributed by atoms with Crippen LogP contribution in [0.5, 0.6) is 0 Å². The van der Waals surface area contributed by atoms with Crippen molar-refractivity contribution >= 4 is 17.4 Å². The van der Waals surface area contributed by atoms with Crippen LogP contribution in [0.25, 0.3) is 0 Å². The summed E-state index contributed by atoms with van der Waals surface area (Å²) in [6, 6.07) is 8.78. The molecule has 1 aliphatic carbocycles. The van der Waals surface area contributed by atoms with Gasteiger partial charge >= 0.3 is 0 Å². The number of nitrogens with one attached hydrogen (secondary N) is 2. The van der Waals surface area contributed by atoms with Gasteiger partial charge in [-0.1, -0.05) is 36.2 Å². The molecule has 0 unspecified atom stereocenters. The summed E-state index contributed by atoms with van der Waals surface area (Å²) >= 11 is 0. The number of para-hydroxylation sites is 1. The molecule has 1 aromatic carbocycles. The maximum atomic E-state index is 13.2. The molecule has 164 valence electrons. The molecular formula is C24H31N5O2. The fourth-order valence-electron chi connectivity index (χ4n) is 5.14. The Hall–Kier alpha value is -2.67. The van der Waals surface area contributed by atoms with Crippen LogP contribution in [0.2, 0.25) is 0 Å². The zero-order valence-corrected chi connectivity index (χ0v) is 18.4. The molecule has 1 saturated heterocycles. The van der Waals surface area contributed by atoms with Gasteiger partial charge in [0.2, 0.25) is 5.91 Å². The van der Waals surface area contributed by atoms with Crippen molar-refractivity contribution < 1.29 is 9.32 Å². The van der Waals surface area contributed by atoms with Crippen LogP contribution in [-0.4, -0.2) is 46.5 Å². The molecule has 5 rings (SSSR count). The Morgan fingerprint density at radius 1 is 1.29 bits per heavy atom. The fraction of sp³-hybridized carbons (Fsp3) is 0.542. The lowest BCUT2D eigenvalue weighted by molar-refractivity contribution is -0.129. The van der Waals surface area contributed by atoms with Crippen molar-refractivity contribution in [2.45, 2.75) is 70.5 Å². The Bertz CT molecular complexity index is 988. The third-order valence-electron chi connectivity index (χ3n) is 7.11. The number of aromatic nitrogens is 1. The van der Waals surface area contributed by atoms with Gasteiger partial charge in [0.15, 0.2) is 0 Å². The lowest BCUT2D eigenvalue weighted by Gasteiger charge is -2.31. The Morgan fingerprint density at radius 2 is 2.10 bits per heavy atom. The largest absolute Gasteiger partial charge is 0.361 e. The number of aryl methyl sites for hydroxylation is 2. The van der Waals surface area contributed by atoms with E-state index in [1.807, 2.05) is 18.7 Å². The summed E-state index contributed by atoms with van der Waals surface area (Å²) in [5, 5.41) is 11.4. The van der Waals surface area contributed by atoms with Gasteiger partial charge in [-0.15, -0.1) is 0 Å². The molecule has 1 aromatic heterocycles. The Balaban J connectivity index is 1.40. The summed E-state index contributed by atoms with van der Waals surface area (Å²) < 4.78 is 5.25. The number of carbonyl (C=O) groups is 1. The predicted octanol–water partition coefficient (Wildman–Crippen LogP) is 3.36. The first-order valence-electron chi connectivity index (χ1n) is 11.4. The minimum atomic E-state index is -0.337. The minimum Gasteiger partial charge on any atom is -0.361 e. The number of anilines is 1. The molecular weight excluding hydrogens is 390 g/mol. The summed E-state index contributed by atoms with van der Waals surface area (Å²) in [6.07, 6.45) is 5.99. The molecule has 1 saturated carbocycles. The SMILES string of the molecule is Cc1noc(C)c1CC(=O)N1CC[C@]2(C1)NCc1ccccc1NC2=NC1CCCC1. The molecule has 0 radical (unpaired) electrons. The first-order chi connectivity index (χ1) is 15.0. The number of amides is 1. The summed E-state index contributed by atoms with van der Waals surface area (Å²) in [6.45, 7) is 5.87. The molecule has 2 aliphatic heterocycles. The highest BCUT2D eigenvalue weighted by atomic mass is 16.5. The van der Waals surface area contributed by atoms with E-state index in [0.29, 0.717) is 19.0 Å². The van der Waals surface area contributed by atoms with Crippen LogP contribution in [-0.2, 0) is 17.8 Å². The molecule has 1 amide bonds. The van der Waals surface area contributed by atoms with E-state index in [0.717, 1.165) is 60.9 Å². The third-order valence-corrected chi connectivity index (χ3v) is 7.11. The normalized spacial score (nSPS) is 25.1. The summed E-state index contributed by atoms with van der Waals surface area (Å²) in [5.74, 6) is 1.85. The first-order valence-corrected chi connectivity index (χ1v) is 11.4. The molecule has 2 aromatic rings. The molecule has 3 heterocycles. The maximum absolute atomic E-state index is 13.2. The molecule has 7 heteroatoms. The summed E-state index contributed by atoms with van der Waals surface area (Å²) in [4.78, 5) is 20.3. The van der Waals surface area contributed by atoms with E-state index in [1.165, 1.54) is 18.4 Å². The lowest BCUT2D eigenvalue weighted by atomic mass is 9.96. The minimum absolute atomic E-state index is 0.120. The first kappa shape index (κ1) is 20.2. The molecule has 0 bridgehead atoms. The second-order valence-corrected chi connectivity index (χ2v) is 9.18. The molecule has 7 nitrogen and oxygen atoms in total. The molecule has 2 N–H and O–H groups in total. The van der Waals surface area contributed by atoms with Crippen LogP contribution in [0.3, 0.4) is 0 Å². The highest BCUT2D eigenvalue weighted by molar-refractivity contribution is 6.04. The number of amidine groups is 1. The van der Waals surface area contributed by atoms with Crippen LogP contribution in [0, 0.1) is 13.8 Å². The average Bonchev–Trinajstić information content (AvgIpc) is 3.48. The van der Waals surface area contributed by atoms with E-state index < -0.39 is 0 Å². The van der Waals surface area contributed by atoms with Gasteiger partial charge in [-0.3, -0.25) is 15.1 Å². The standard InChI is InChI=1S/C24H31N5O2/c1-16-20(17(2)31-28-16)13-22(30)29-12-11-24(15-29)23(26-19-8-4-5-9-19)27-21-10-6-3-7-18(21)14-25-24/h3,6-7,10,19,25H,4-5,8-9,11-15H2,1-2H3,(H,26,27)/t24-/m1/s1. The van der Waals surface area contributed by atoms with Gasteiger partial charge in [0.05, 0.1) is 23.7 Å². The van der Waals surface area contributed by atoms with Gasteiger partial charge in [0, 0.05) is 30.9 Å². The average molecular weight is 422 g/mol. The Morgan fingerprint density at radius 3 is 2.87 bits per heavy atom. The van der Waals surface area contributed by atoms with Gasteiger partial charge in [-0.05, 0) is 44.7 Å². The Labute approximate surface area is 183 Å². The molecule has 1 spiro atoms. The van der Waals surface area contributed by atoms with E-state index in [4.69, 9.17) is 9.52 Å². The quantitative estimate of drug-likeness (QED) is 0.794. The van der Waals surface area contributed by atoms with Gasteiger partial charge in [-0.25, -0.2) is 0 Å². The van der Waals surface area contributed by atoms with Gasteiger partial charge < -0.3 is 14.7 Å². The predicted molar refractivity (Wildman–Crippen MR) is 120 cm³/mol. The van der Waals surface area contributed by atoms with Crippen LogP contribution in [0.1, 0.15) is 54.7 Å². The number of rotatable bonds is 3. The third kappa shape index (κ3) is 3.87. The monoisotopic (exact) mass is 421 g/mol. The Kier molecular flexibility index (Phi) is 5.30. The smallest absolute Gasteiger partial charge is 0.227 e. The van der Waals surface area contributed by atoms with E-state index in [9.17, 15) is 4.79 Å². The summed E-state index contributed by atoms with van der Waals surface area (Å²) in [5.41, 5.74) is 3.72. The zero-order valence-electron chi connectivity index (χ0n) is 18.4. The van der Waals surface area contributed by atoms with Crippen molar-refractivity contribution in [3.63, 3.8) is 0 Å². The van der Waals surface area contributed by atoms with Crippen molar-refractivity contribution in [3.8, 4) is 0 Å². The lowest BCUT2D eigenvalue weighted by Crippen LogP contribution is -2.55. The molecule has 3 aliphatic rings. The van der Waals surface area contributed by atoms with Crippen LogP contribution in [0.15, 0.2) is 33.8 Å². The van der Waals surface area contributed by atoms with E-state index in [-0.39, 0.29) is 11.4 Å². The summed E-state index contributed by atoms with van der Waals surface area (Å²) in [7, 11) is 0. The van der Waals surface area contributed by atoms with Gasteiger partial charge in [-0.2, -0.15) is 0 Å². The van der Waals surface area contributed by atoms with E-state index >= 15 is 0 Å². The highest BCUT2D eigenvalue weighted by Gasteiger charge is 2.45. The van der Waals surface area contributed by atoms with Crippen LogP contribution >= 0.6 is 0 Å². The second kappa shape index (κ2) is 8.11. The number of carbonyl (C=O) groups excluding carboxylic acids is 1. The number of hydrogen-bond donors (Lipinski definition) is 2. The fourth-order valence-corrected chi connectivity index (χ4v) is 5.14. The van der Waals surface area contributed by atoms with Crippen molar-refractivity contribution in [3.05, 3.63) is 46.8 Å². The van der Waals surface area contributed by atoms with Gasteiger partial charge in [0.1, 0.15) is 11.6 Å². The number of nitrogens with zero attached hydrogens (tertiary/aromatic N) is 3. The van der Waals surface area contributed by atoms with Crippen molar-refractivity contribution in [2.75, 3.05) is 18.4 Å². The maximum Gasteiger partial charge on any atom is 0.227 e. The number of fused-ring (bicyclic) bond motifs is 1. The number of aliphatic imine (C=N–C) groups is 1. The van der Waals surface area contributed by atoms with E-state index in [1.54, 1.807) is 0 Å². The van der Waals surface area contributed by atoms with E-state index in [2.05, 4.69) is 40.1 Å². The number of hydrogen-bond acceptors (Lipinski definition) is 5. The van der Waals surface area contributed by atoms with Crippen molar-refractivity contribution in [2.24, 2.45) is 4.99 Å². The van der Waals surface area contributed by atoms with Crippen LogP contribution in [0.4, 0.5) is 5.69 Å². The number of likely N-dealkylation sites (tertiary alicyclic amines) is 1. The van der Waals surface area contributed by atoms with Gasteiger partial charge in [0.25, 0.3) is 0 Å². The zero-order chi connectivity index (χ0) is 21.4. The van der Waals surface area contributed by atoms with Crippen LogP contribution < -0.4 is 10.6 Å². The topological polar surface area (TPSA) is 82.8 Å². The second-order valence-electron chi connectivity index (χ2n) is 9.18. The highest BCUT2D eigenvalue weighted by Crippen LogP contribution is 2.32. The molecule has 2 fully saturated rings.